The van der Waals surface area contributed by atoms with Crippen molar-refractivity contribution in [3.8, 4) is 10.7 Å². The zero-order valence-electron chi connectivity index (χ0n) is 11.8. The minimum Gasteiger partial charge on any atom is -0.356 e. The Bertz CT molecular complexity index is 534. The predicted octanol–water partition coefficient (Wildman–Crippen LogP) is 2.89. The average molecular weight is 293 g/mol. The monoisotopic (exact) mass is 293 g/mol. The molecule has 2 rings (SSSR count). The van der Waals surface area contributed by atoms with E-state index in [9.17, 15) is 4.79 Å². The van der Waals surface area contributed by atoms with Gasteiger partial charge in [-0.25, -0.2) is 0 Å². The molecule has 0 aliphatic heterocycles. The highest BCUT2D eigenvalue weighted by molar-refractivity contribution is 7.13. The van der Waals surface area contributed by atoms with E-state index in [0.29, 0.717) is 30.5 Å². The molecule has 0 bridgehead atoms. The lowest BCUT2D eigenvalue weighted by atomic mass is 10.1. The number of aryl methyl sites for hydroxylation is 1. The van der Waals surface area contributed by atoms with Gasteiger partial charge in [0.05, 0.1) is 4.88 Å². The maximum absolute atomic E-state index is 11.6. The molecule has 5 nitrogen and oxygen atoms in total. The number of aromatic nitrogens is 2. The van der Waals surface area contributed by atoms with Crippen LogP contribution in [-0.4, -0.2) is 22.6 Å². The van der Waals surface area contributed by atoms with Gasteiger partial charge in [0, 0.05) is 19.4 Å². The third kappa shape index (κ3) is 4.45. The van der Waals surface area contributed by atoms with Gasteiger partial charge in [-0.1, -0.05) is 25.1 Å². The Hall–Kier alpha value is -1.69. The third-order valence-electron chi connectivity index (χ3n) is 2.82. The zero-order valence-corrected chi connectivity index (χ0v) is 12.6. The van der Waals surface area contributed by atoms with Gasteiger partial charge in [0.2, 0.25) is 17.6 Å². The van der Waals surface area contributed by atoms with Gasteiger partial charge in [-0.3, -0.25) is 4.79 Å². The molecule has 1 amide bonds. The number of thiophene rings is 1. The number of carbonyl (C=O) groups excluding carboxylic acids is 1. The molecule has 0 saturated carbocycles. The van der Waals surface area contributed by atoms with Crippen LogP contribution in [0.3, 0.4) is 0 Å². The number of amides is 1. The van der Waals surface area contributed by atoms with Crippen molar-refractivity contribution in [2.45, 2.75) is 33.1 Å². The lowest BCUT2D eigenvalue weighted by Crippen LogP contribution is -2.25. The van der Waals surface area contributed by atoms with Crippen LogP contribution in [-0.2, 0) is 11.2 Å². The van der Waals surface area contributed by atoms with Crippen molar-refractivity contribution in [1.29, 1.82) is 0 Å². The summed E-state index contributed by atoms with van der Waals surface area (Å²) in [6.07, 6.45) is 1.85. The molecule has 108 valence electrons. The van der Waals surface area contributed by atoms with Crippen molar-refractivity contribution in [2.24, 2.45) is 5.92 Å². The van der Waals surface area contributed by atoms with Crippen molar-refractivity contribution in [1.82, 2.24) is 15.5 Å². The minimum atomic E-state index is 0.0292. The molecule has 0 unspecified atom stereocenters. The molecule has 0 atom stereocenters. The smallest absolute Gasteiger partial charge is 0.227 e. The van der Waals surface area contributed by atoms with Gasteiger partial charge in [0.1, 0.15) is 0 Å². The lowest BCUT2D eigenvalue weighted by Gasteiger charge is -2.05. The van der Waals surface area contributed by atoms with Gasteiger partial charge in [0.25, 0.3) is 0 Å². The Labute approximate surface area is 122 Å². The highest BCUT2D eigenvalue weighted by Crippen LogP contribution is 2.21. The van der Waals surface area contributed by atoms with E-state index in [0.717, 1.165) is 17.8 Å². The molecule has 20 heavy (non-hydrogen) atoms. The Morgan fingerprint density at radius 2 is 2.35 bits per heavy atom. The lowest BCUT2D eigenvalue weighted by molar-refractivity contribution is -0.121. The van der Waals surface area contributed by atoms with E-state index in [4.69, 9.17) is 4.52 Å². The fourth-order valence-corrected chi connectivity index (χ4v) is 2.32. The van der Waals surface area contributed by atoms with Crippen LogP contribution >= 0.6 is 11.3 Å². The van der Waals surface area contributed by atoms with Crippen LogP contribution in [0.5, 0.6) is 0 Å². The normalized spacial score (nSPS) is 10.9. The summed E-state index contributed by atoms with van der Waals surface area (Å²) in [4.78, 5) is 16.9. The van der Waals surface area contributed by atoms with Gasteiger partial charge >= 0.3 is 0 Å². The molecular formula is C14H19N3O2S. The summed E-state index contributed by atoms with van der Waals surface area (Å²) in [5.74, 6) is 1.73. The predicted molar refractivity (Wildman–Crippen MR) is 78.4 cm³/mol. The SMILES string of the molecule is CC(C)CCNC(=O)CCc1nc(-c2cccs2)no1. The number of nitrogens with one attached hydrogen (secondary N) is 1. The van der Waals surface area contributed by atoms with Crippen molar-refractivity contribution < 1.29 is 9.32 Å². The van der Waals surface area contributed by atoms with E-state index in [-0.39, 0.29) is 5.91 Å². The van der Waals surface area contributed by atoms with Crippen LogP contribution < -0.4 is 5.32 Å². The molecule has 0 aromatic carbocycles. The number of rotatable bonds is 7. The second-order valence-electron chi connectivity index (χ2n) is 5.02. The van der Waals surface area contributed by atoms with Gasteiger partial charge in [-0.05, 0) is 23.8 Å². The summed E-state index contributed by atoms with van der Waals surface area (Å²) >= 11 is 1.56. The topological polar surface area (TPSA) is 68.0 Å². The van der Waals surface area contributed by atoms with Crippen LogP contribution in [0.1, 0.15) is 32.6 Å². The summed E-state index contributed by atoms with van der Waals surface area (Å²) in [5.41, 5.74) is 0. The van der Waals surface area contributed by atoms with Gasteiger partial charge in [-0.15, -0.1) is 11.3 Å². The average Bonchev–Trinajstić information content (AvgIpc) is 3.06. The largest absolute Gasteiger partial charge is 0.356 e. The summed E-state index contributed by atoms with van der Waals surface area (Å²) < 4.78 is 5.15. The Morgan fingerprint density at radius 1 is 1.50 bits per heavy atom. The molecule has 0 spiro atoms. The number of hydrogen-bond donors (Lipinski definition) is 1. The summed E-state index contributed by atoms with van der Waals surface area (Å²) in [5, 5.41) is 8.77. The molecule has 1 N–H and O–H groups in total. The van der Waals surface area contributed by atoms with E-state index in [1.807, 2.05) is 17.5 Å². The molecule has 0 aliphatic rings. The third-order valence-corrected chi connectivity index (χ3v) is 3.69. The van der Waals surface area contributed by atoms with Crippen molar-refractivity contribution in [2.75, 3.05) is 6.54 Å². The minimum absolute atomic E-state index is 0.0292. The highest BCUT2D eigenvalue weighted by atomic mass is 32.1. The second kappa shape index (κ2) is 7.19. The molecule has 6 heteroatoms. The first-order valence-electron chi connectivity index (χ1n) is 6.78. The molecule has 2 aromatic rings. The van der Waals surface area contributed by atoms with Crippen molar-refractivity contribution in [3.05, 3.63) is 23.4 Å². The first-order chi connectivity index (χ1) is 9.65. The quantitative estimate of drug-likeness (QED) is 0.852. The molecular weight excluding hydrogens is 274 g/mol. The summed E-state index contributed by atoms with van der Waals surface area (Å²) in [7, 11) is 0. The number of hydrogen-bond acceptors (Lipinski definition) is 5. The van der Waals surface area contributed by atoms with Gasteiger partial charge < -0.3 is 9.84 Å². The standard InChI is InChI=1S/C14H19N3O2S/c1-10(2)7-8-15-12(18)5-6-13-16-14(17-19-13)11-4-3-9-20-11/h3-4,9-10H,5-8H2,1-2H3,(H,15,18). The Balaban J connectivity index is 1.75. The summed E-state index contributed by atoms with van der Waals surface area (Å²) in [6.45, 7) is 4.99. The Morgan fingerprint density at radius 3 is 3.05 bits per heavy atom. The van der Waals surface area contributed by atoms with Crippen LogP contribution in [0.2, 0.25) is 0 Å². The van der Waals surface area contributed by atoms with Crippen molar-refractivity contribution in [3.63, 3.8) is 0 Å². The van der Waals surface area contributed by atoms with E-state index < -0.39 is 0 Å². The molecule has 2 heterocycles. The maximum atomic E-state index is 11.6. The Kier molecular flexibility index (Phi) is 5.29. The second-order valence-corrected chi connectivity index (χ2v) is 5.97. The molecule has 0 radical (unpaired) electrons. The van der Waals surface area contributed by atoms with Crippen LogP contribution in [0, 0.1) is 5.92 Å². The summed E-state index contributed by atoms with van der Waals surface area (Å²) in [6, 6.07) is 3.89. The first kappa shape index (κ1) is 14.7. The van der Waals surface area contributed by atoms with E-state index in [1.54, 1.807) is 11.3 Å². The number of carbonyl (C=O) groups is 1. The van der Waals surface area contributed by atoms with Crippen LogP contribution in [0.25, 0.3) is 10.7 Å². The highest BCUT2D eigenvalue weighted by Gasteiger charge is 2.11. The fourth-order valence-electron chi connectivity index (χ4n) is 1.67. The maximum Gasteiger partial charge on any atom is 0.227 e. The fraction of sp³-hybridized carbons (Fsp3) is 0.500. The molecule has 0 aliphatic carbocycles. The molecule has 2 aromatic heterocycles. The van der Waals surface area contributed by atoms with E-state index in [1.165, 1.54) is 0 Å². The van der Waals surface area contributed by atoms with Gasteiger partial charge in [0.15, 0.2) is 0 Å². The van der Waals surface area contributed by atoms with E-state index >= 15 is 0 Å². The van der Waals surface area contributed by atoms with E-state index in [2.05, 4.69) is 29.3 Å². The van der Waals surface area contributed by atoms with Crippen LogP contribution in [0.4, 0.5) is 0 Å². The first-order valence-corrected chi connectivity index (χ1v) is 7.66. The van der Waals surface area contributed by atoms with Crippen molar-refractivity contribution >= 4 is 17.2 Å². The van der Waals surface area contributed by atoms with Gasteiger partial charge in [-0.2, -0.15) is 4.98 Å². The zero-order chi connectivity index (χ0) is 14.4. The number of nitrogens with zero attached hydrogens (tertiary/aromatic N) is 2. The molecule has 0 saturated heterocycles. The van der Waals surface area contributed by atoms with Crippen LogP contribution in [0.15, 0.2) is 22.0 Å². The molecule has 0 fully saturated rings.